The Balaban J connectivity index is 0.00000900. The third-order valence-electron chi connectivity index (χ3n) is 6.92. The molecular weight excluding hydrogens is 397 g/mol. The molecule has 184 valence electrons. The summed E-state index contributed by atoms with van der Waals surface area (Å²) in [6.45, 7) is 6.04. The van der Waals surface area contributed by atoms with Gasteiger partial charge in [0, 0.05) is 0 Å². The standard InChI is InChI=1S/C28H53OP.H3N/c1-4-5-6-7-8-9-10-11-12-13-14-15-16-20-25-30(2,3,26-21-24-29)27-28-22-18-17-19-23-28;/h17-19,22-23,29H,4-16,20-21,24-27H2,1-3H3;1H3. The first-order valence-corrected chi connectivity index (χ1v) is 16.8. The van der Waals surface area contributed by atoms with Gasteiger partial charge in [-0.25, -0.2) is 0 Å². The molecule has 0 aliphatic heterocycles. The zero-order chi connectivity index (χ0) is 22.0. The summed E-state index contributed by atoms with van der Waals surface area (Å²) in [6, 6.07) is 11.0. The predicted octanol–water partition coefficient (Wildman–Crippen LogP) is 9.03. The van der Waals surface area contributed by atoms with Crippen molar-refractivity contribution in [1.29, 1.82) is 0 Å². The van der Waals surface area contributed by atoms with Gasteiger partial charge in [0.1, 0.15) is 0 Å². The molecule has 2 nitrogen and oxygen atoms in total. The van der Waals surface area contributed by atoms with Crippen LogP contribution >= 0.6 is 6.60 Å². The number of aliphatic hydroxyl groups is 1. The summed E-state index contributed by atoms with van der Waals surface area (Å²) < 4.78 is 0. The van der Waals surface area contributed by atoms with Gasteiger partial charge in [-0.2, -0.15) is 0 Å². The Bertz CT molecular complexity index is 517. The van der Waals surface area contributed by atoms with Crippen LogP contribution in [-0.2, 0) is 6.16 Å². The third kappa shape index (κ3) is 15.9. The van der Waals surface area contributed by atoms with Crippen molar-refractivity contribution in [2.75, 3.05) is 32.3 Å². The summed E-state index contributed by atoms with van der Waals surface area (Å²) in [5.41, 5.74) is 1.49. The topological polar surface area (TPSA) is 55.2 Å². The summed E-state index contributed by atoms with van der Waals surface area (Å²) in [5.74, 6) is 0. The summed E-state index contributed by atoms with van der Waals surface area (Å²) >= 11 is 0. The van der Waals surface area contributed by atoms with Crippen LogP contribution in [0, 0.1) is 0 Å². The minimum absolute atomic E-state index is 0. The van der Waals surface area contributed by atoms with Crippen molar-refractivity contribution >= 4 is 6.60 Å². The van der Waals surface area contributed by atoms with Gasteiger partial charge in [0.25, 0.3) is 0 Å². The van der Waals surface area contributed by atoms with E-state index in [0.29, 0.717) is 6.61 Å². The average Bonchev–Trinajstić information content (AvgIpc) is 2.73. The molecule has 0 aliphatic rings. The van der Waals surface area contributed by atoms with Crippen LogP contribution in [0.3, 0.4) is 0 Å². The smallest absolute Gasteiger partial charge is 0.344 e. The molecule has 0 amide bonds. The summed E-state index contributed by atoms with van der Waals surface area (Å²) in [6.07, 6.45) is 24.8. The maximum absolute atomic E-state index is 9.43. The molecule has 0 bridgehead atoms. The first-order chi connectivity index (χ1) is 14.5. The molecule has 0 radical (unpaired) electrons. The fraction of sp³-hybridized carbons (Fsp3) is 0.786. The van der Waals surface area contributed by atoms with E-state index >= 15 is 0 Å². The van der Waals surface area contributed by atoms with Crippen LogP contribution in [0.1, 0.15) is 109 Å². The molecule has 0 unspecified atom stereocenters. The van der Waals surface area contributed by atoms with Gasteiger partial charge in [-0.3, -0.25) is 0 Å². The Morgan fingerprint density at radius 3 is 1.48 bits per heavy atom. The molecule has 1 rings (SSSR count). The van der Waals surface area contributed by atoms with E-state index in [2.05, 4.69) is 50.6 Å². The van der Waals surface area contributed by atoms with Crippen LogP contribution in [0.2, 0.25) is 0 Å². The SMILES string of the molecule is CCCCCCCCCCCCCCCCP(C)(C)(CCCO)Cc1ccccc1.N. The van der Waals surface area contributed by atoms with E-state index in [1.165, 1.54) is 114 Å². The minimum atomic E-state index is -1.76. The summed E-state index contributed by atoms with van der Waals surface area (Å²) in [7, 11) is 0. The van der Waals surface area contributed by atoms with Crippen molar-refractivity contribution in [3.8, 4) is 0 Å². The first kappa shape index (κ1) is 30.6. The van der Waals surface area contributed by atoms with E-state index in [4.69, 9.17) is 0 Å². The van der Waals surface area contributed by atoms with Gasteiger partial charge < -0.3 is 6.15 Å². The maximum atomic E-state index is 9.43. The Labute approximate surface area is 195 Å². The third-order valence-corrected chi connectivity index (χ3v) is 12.1. The second kappa shape index (κ2) is 18.0. The Morgan fingerprint density at radius 1 is 0.613 bits per heavy atom. The van der Waals surface area contributed by atoms with E-state index in [-0.39, 0.29) is 6.15 Å². The fourth-order valence-electron chi connectivity index (χ4n) is 4.93. The van der Waals surface area contributed by atoms with Gasteiger partial charge in [-0.1, -0.05) is 26.2 Å². The zero-order valence-corrected chi connectivity index (χ0v) is 22.3. The number of benzene rings is 1. The van der Waals surface area contributed by atoms with Crippen molar-refractivity contribution in [2.45, 2.75) is 109 Å². The number of hydrogen-bond donors (Lipinski definition) is 2. The van der Waals surface area contributed by atoms with E-state index in [1.807, 2.05) is 0 Å². The molecular formula is C28H56NOP. The van der Waals surface area contributed by atoms with Crippen LogP contribution in [0.25, 0.3) is 0 Å². The molecule has 0 saturated carbocycles. The monoisotopic (exact) mass is 453 g/mol. The van der Waals surface area contributed by atoms with Crippen molar-refractivity contribution in [2.24, 2.45) is 0 Å². The van der Waals surface area contributed by atoms with Gasteiger partial charge in [0.2, 0.25) is 0 Å². The minimum Gasteiger partial charge on any atom is -0.344 e. The van der Waals surface area contributed by atoms with Gasteiger partial charge in [0.05, 0.1) is 0 Å². The van der Waals surface area contributed by atoms with Crippen LogP contribution in [0.15, 0.2) is 30.3 Å². The zero-order valence-electron chi connectivity index (χ0n) is 21.4. The number of unbranched alkanes of at least 4 members (excludes halogenated alkanes) is 13. The van der Waals surface area contributed by atoms with Crippen LogP contribution in [-0.4, -0.2) is 37.4 Å². The second-order valence-corrected chi connectivity index (χ2v) is 18.0. The normalized spacial score (nSPS) is 12.8. The van der Waals surface area contributed by atoms with Gasteiger partial charge in [-0.05, 0) is 0 Å². The molecule has 0 atom stereocenters. The van der Waals surface area contributed by atoms with Crippen molar-refractivity contribution in [1.82, 2.24) is 6.15 Å². The molecule has 0 spiro atoms. The molecule has 0 saturated heterocycles. The molecule has 4 N–H and O–H groups in total. The molecule has 0 aromatic heterocycles. The fourth-order valence-corrected chi connectivity index (χ4v) is 9.46. The van der Waals surface area contributed by atoms with Gasteiger partial charge in [0.15, 0.2) is 0 Å². The Kier molecular flexibility index (Phi) is 17.8. The molecule has 0 aliphatic carbocycles. The van der Waals surface area contributed by atoms with E-state index in [9.17, 15) is 5.11 Å². The predicted molar refractivity (Wildman–Crippen MR) is 146 cm³/mol. The van der Waals surface area contributed by atoms with Crippen LogP contribution in [0.5, 0.6) is 0 Å². The number of hydrogen-bond acceptors (Lipinski definition) is 2. The van der Waals surface area contributed by atoms with E-state index in [1.54, 1.807) is 0 Å². The van der Waals surface area contributed by atoms with E-state index in [0.717, 1.165) is 6.42 Å². The molecule has 1 aromatic carbocycles. The van der Waals surface area contributed by atoms with Gasteiger partial charge >= 0.3 is 163 Å². The summed E-state index contributed by atoms with van der Waals surface area (Å²) in [4.78, 5) is 0. The average molecular weight is 454 g/mol. The van der Waals surface area contributed by atoms with Crippen molar-refractivity contribution in [3.05, 3.63) is 35.9 Å². The molecule has 3 heteroatoms. The molecule has 1 aromatic rings. The van der Waals surface area contributed by atoms with Crippen LogP contribution < -0.4 is 6.15 Å². The Hall–Kier alpha value is -0.430. The first-order valence-electron chi connectivity index (χ1n) is 13.1. The Morgan fingerprint density at radius 2 is 1.03 bits per heavy atom. The quantitative estimate of drug-likeness (QED) is 0.153. The summed E-state index contributed by atoms with van der Waals surface area (Å²) in [5, 5.41) is 9.43. The molecule has 0 fully saturated rings. The van der Waals surface area contributed by atoms with Crippen molar-refractivity contribution in [3.63, 3.8) is 0 Å². The maximum Gasteiger partial charge on any atom is -0.344 e. The van der Waals surface area contributed by atoms with Gasteiger partial charge in [-0.15, -0.1) is 0 Å². The number of rotatable bonds is 20. The molecule has 0 heterocycles. The van der Waals surface area contributed by atoms with E-state index < -0.39 is 6.60 Å². The largest absolute Gasteiger partial charge is 0.344 e. The second-order valence-electron chi connectivity index (χ2n) is 10.8. The van der Waals surface area contributed by atoms with Crippen LogP contribution in [0.4, 0.5) is 0 Å². The van der Waals surface area contributed by atoms with Crippen molar-refractivity contribution < 1.29 is 5.11 Å². The number of aliphatic hydroxyl groups excluding tert-OH is 1. The molecule has 31 heavy (non-hydrogen) atoms.